The summed E-state index contributed by atoms with van der Waals surface area (Å²) >= 11 is 0. The van der Waals surface area contributed by atoms with Gasteiger partial charge in [-0.05, 0) is 51.4 Å². The molecule has 2 atom stereocenters. The number of likely N-dealkylation sites (N-methyl/N-ethyl adjacent to an activating group) is 1. The first-order valence-corrected chi connectivity index (χ1v) is 29.3. The highest BCUT2D eigenvalue weighted by molar-refractivity contribution is 7.45. The van der Waals surface area contributed by atoms with Gasteiger partial charge in [-0.2, -0.15) is 0 Å². The maximum Gasteiger partial charge on any atom is 0.306 e. The van der Waals surface area contributed by atoms with E-state index in [0.29, 0.717) is 17.4 Å². The molecule has 0 aliphatic rings. The third-order valence-corrected chi connectivity index (χ3v) is 13.1. The average Bonchev–Trinajstić information content (AvgIpc) is 3.29. The van der Waals surface area contributed by atoms with E-state index in [1.807, 2.05) is 21.1 Å². The van der Waals surface area contributed by atoms with Gasteiger partial charge in [-0.3, -0.25) is 14.2 Å². The molecule has 0 amide bonds. The van der Waals surface area contributed by atoms with Crippen LogP contribution in [0.15, 0.2) is 48.6 Å². The van der Waals surface area contributed by atoms with Gasteiger partial charge in [-0.15, -0.1) is 0 Å². The molecule has 0 saturated heterocycles. The highest BCUT2D eigenvalue weighted by Crippen LogP contribution is 2.38. The van der Waals surface area contributed by atoms with Gasteiger partial charge >= 0.3 is 11.9 Å². The number of unbranched alkanes of at least 4 members (excludes halogenated alkanes) is 29. The molecule has 0 radical (unpaired) electrons. The van der Waals surface area contributed by atoms with E-state index in [9.17, 15) is 19.0 Å². The van der Waals surface area contributed by atoms with E-state index in [1.165, 1.54) is 148 Å². The number of rotatable bonds is 51. The average molecular weight is 964 g/mol. The van der Waals surface area contributed by atoms with Crippen LogP contribution in [0.2, 0.25) is 0 Å². The Balaban J connectivity index is 4.14. The Morgan fingerprint density at radius 3 is 1.27 bits per heavy atom. The van der Waals surface area contributed by atoms with Gasteiger partial charge in [0.1, 0.15) is 19.8 Å². The van der Waals surface area contributed by atoms with E-state index in [4.69, 9.17) is 18.5 Å². The number of esters is 2. The maximum atomic E-state index is 12.7. The molecule has 9 nitrogen and oxygen atoms in total. The second-order valence-corrected chi connectivity index (χ2v) is 21.3. The molecule has 392 valence electrons. The standard InChI is InChI=1S/C57H106NO8P/c1-6-8-10-12-14-16-18-20-22-24-25-26-27-28-29-30-31-32-34-35-37-39-41-43-45-47-49-56(59)63-53-55(54-65-67(61,62)64-52-51-58(3,4)5)66-57(60)50-48-46-44-42-40-38-36-33-23-21-19-17-15-13-11-9-7-2/h9,11,15,17,21,23,36,38,55H,6-8,10,12-14,16,18-20,22,24-35,37,39-54H2,1-5H3/b11-9-,17-15-,23-21-,38-36-. The molecule has 0 bridgehead atoms. The van der Waals surface area contributed by atoms with Gasteiger partial charge < -0.3 is 27.9 Å². The summed E-state index contributed by atoms with van der Waals surface area (Å²) in [5, 5.41) is 0. The van der Waals surface area contributed by atoms with Crippen LogP contribution in [-0.4, -0.2) is 70.0 Å². The monoisotopic (exact) mass is 964 g/mol. The lowest BCUT2D eigenvalue weighted by Gasteiger charge is -2.28. The molecule has 0 aliphatic heterocycles. The van der Waals surface area contributed by atoms with Crippen molar-refractivity contribution in [2.45, 2.75) is 258 Å². The predicted octanol–water partition coefficient (Wildman–Crippen LogP) is 16.3. The lowest BCUT2D eigenvalue weighted by molar-refractivity contribution is -0.870. The van der Waals surface area contributed by atoms with Crippen molar-refractivity contribution in [2.75, 3.05) is 47.5 Å². The van der Waals surface area contributed by atoms with E-state index in [2.05, 4.69) is 62.5 Å². The van der Waals surface area contributed by atoms with Gasteiger partial charge in [0.25, 0.3) is 7.82 Å². The molecule has 0 fully saturated rings. The van der Waals surface area contributed by atoms with Crippen LogP contribution in [0, 0.1) is 0 Å². The normalized spacial score (nSPS) is 13.7. The third-order valence-electron chi connectivity index (χ3n) is 12.1. The van der Waals surface area contributed by atoms with Crippen molar-refractivity contribution in [1.29, 1.82) is 0 Å². The summed E-state index contributed by atoms with van der Waals surface area (Å²) < 4.78 is 34.1. The van der Waals surface area contributed by atoms with Crippen LogP contribution in [0.1, 0.15) is 251 Å². The number of ether oxygens (including phenoxy) is 2. The molecule has 0 aromatic heterocycles. The van der Waals surface area contributed by atoms with Crippen molar-refractivity contribution in [3.63, 3.8) is 0 Å². The molecule has 0 aliphatic carbocycles. The summed E-state index contributed by atoms with van der Waals surface area (Å²) in [4.78, 5) is 37.8. The van der Waals surface area contributed by atoms with Crippen molar-refractivity contribution >= 4 is 19.8 Å². The number of phosphoric acid groups is 1. The first-order chi connectivity index (χ1) is 32.5. The fourth-order valence-electron chi connectivity index (χ4n) is 7.83. The van der Waals surface area contributed by atoms with Crippen LogP contribution in [0.25, 0.3) is 0 Å². The maximum absolute atomic E-state index is 12.7. The fraction of sp³-hybridized carbons (Fsp3) is 0.825. The predicted molar refractivity (Wildman–Crippen MR) is 282 cm³/mol. The quantitative estimate of drug-likeness (QED) is 0.0195. The van der Waals surface area contributed by atoms with E-state index in [0.717, 1.165) is 70.6 Å². The van der Waals surface area contributed by atoms with Gasteiger partial charge in [0.2, 0.25) is 0 Å². The molecule has 67 heavy (non-hydrogen) atoms. The van der Waals surface area contributed by atoms with Crippen molar-refractivity contribution in [2.24, 2.45) is 0 Å². The number of allylic oxidation sites excluding steroid dienone is 8. The molecule has 0 rings (SSSR count). The summed E-state index contributed by atoms with van der Waals surface area (Å²) in [6.07, 6.45) is 60.2. The molecule has 0 heterocycles. The number of hydrogen-bond donors (Lipinski definition) is 0. The largest absolute Gasteiger partial charge is 0.756 e. The smallest absolute Gasteiger partial charge is 0.306 e. The van der Waals surface area contributed by atoms with Crippen LogP contribution in [0.3, 0.4) is 0 Å². The molecular formula is C57H106NO8P. The first-order valence-electron chi connectivity index (χ1n) is 27.8. The van der Waals surface area contributed by atoms with Crippen molar-refractivity contribution in [3.8, 4) is 0 Å². The summed E-state index contributed by atoms with van der Waals surface area (Å²) in [6.45, 7) is 4.12. The van der Waals surface area contributed by atoms with Crippen LogP contribution >= 0.6 is 7.82 Å². The third kappa shape index (κ3) is 53.2. The van der Waals surface area contributed by atoms with E-state index in [1.54, 1.807) is 0 Å². The lowest BCUT2D eigenvalue weighted by atomic mass is 10.0. The van der Waals surface area contributed by atoms with Crippen LogP contribution in [-0.2, 0) is 32.7 Å². The molecule has 0 aromatic rings. The van der Waals surface area contributed by atoms with Crippen LogP contribution in [0.4, 0.5) is 0 Å². The number of phosphoric ester groups is 1. The highest BCUT2D eigenvalue weighted by atomic mass is 31.2. The Hall–Kier alpha value is -2.03. The van der Waals surface area contributed by atoms with Gasteiger partial charge in [-0.25, -0.2) is 0 Å². The van der Waals surface area contributed by atoms with Gasteiger partial charge in [0, 0.05) is 12.8 Å². The van der Waals surface area contributed by atoms with E-state index >= 15 is 0 Å². The minimum Gasteiger partial charge on any atom is -0.756 e. The van der Waals surface area contributed by atoms with Crippen LogP contribution in [0.5, 0.6) is 0 Å². The summed E-state index contributed by atoms with van der Waals surface area (Å²) in [7, 11) is 1.15. The fourth-order valence-corrected chi connectivity index (χ4v) is 8.55. The number of quaternary nitrogens is 1. The number of hydrogen-bond acceptors (Lipinski definition) is 8. The zero-order valence-corrected chi connectivity index (χ0v) is 45.2. The summed E-state index contributed by atoms with van der Waals surface area (Å²) in [5.74, 6) is -0.853. The molecular weight excluding hydrogens is 858 g/mol. The zero-order valence-electron chi connectivity index (χ0n) is 44.3. The summed E-state index contributed by atoms with van der Waals surface area (Å²) in [5.41, 5.74) is 0. The Labute approximate surface area is 414 Å². The zero-order chi connectivity index (χ0) is 49.2. The minimum absolute atomic E-state index is 0.0361. The molecule has 0 spiro atoms. The van der Waals surface area contributed by atoms with Gasteiger partial charge in [0.05, 0.1) is 27.7 Å². The Kier molecular flexibility index (Phi) is 47.5. The lowest BCUT2D eigenvalue weighted by Crippen LogP contribution is -2.37. The number of carbonyl (C=O) groups excluding carboxylic acids is 2. The Bertz CT molecular complexity index is 1270. The van der Waals surface area contributed by atoms with Crippen LogP contribution < -0.4 is 4.89 Å². The number of carbonyl (C=O) groups is 2. The van der Waals surface area contributed by atoms with Crippen molar-refractivity contribution in [1.82, 2.24) is 0 Å². The molecule has 0 N–H and O–H groups in total. The van der Waals surface area contributed by atoms with Gasteiger partial charge in [-0.1, -0.05) is 236 Å². The van der Waals surface area contributed by atoms with E-state index in [-0.39, 0.29) is 32.0 Å². The molecule has 10 heteroatoms. The SMILES string of the molecule is CC/C=C\C/C=C\C/C=C\C/C=C\CCCCCCC(=O)OC(COC(=O)CCCCCCCCCCCCCCCCCCCCCCCCCCCC)COP(=O)([O-])OCC[N+](C)(C)C. The first kappa shape index (κ1) is 65.0. The van der Waals surface area contributed by atoms with Gasteiger partial charge in [0.15, 0.2) is 6.10 Å². The second kappa shape index (κ2) is 49.0. The topological polar surface area (TPSA) is 111 Å². The van der Waals surface area contributed by atoms with Crippen molar-refractivity contribution in [3.05, 3.63) is 48.6 Å². The van der Waals surface area contributed by atoms with E-state index < -0.39 is 26.5 Å². The van der Waals surface area contributed by atoms with Crippen molar-refractivity contribution < 1.29 is 42.1 Å². The highest BCUT2D eigenvalue weighted by Gasteiger charge is 2.21. The molecule has 2 unspecified atom stereocenters. The Morgan fingerprint density at radius 1 is 0.478 bits per heavy atom. The number of nitrogens with zero attached hydrogens (tertiary/aromatic N) is 1. The summed E-state index contributed by atoms with van der Waals surface area (Å²) in [6, 6.07) is 0. The Morgan fingerprint density at radius 2 is 0.851 bits per heavy atom. The molecule has 0 saturated carbocycles. The second-order valence-electron chi connectivity index (χ2n) is 19.9. The minimum atomic E-state index is -4.64. The molecule has 0 aromatic carbocycles.